The summed E-state index contributed by atoms with van der Waals surface area (Å²) in [6, 6.07) is 8.22. The molecule has 0 aliphatic carbocycles. The molecule has 0 radical (unpaired) electrons. The van der Waals surface area contributed by atoms with Crippen LogP contribution in [0.15, 0.2) is 36.4 Å². The molecular weight excluding hydrogens is 549 g/mol. The molecule has 2 aromatic rings. The summed E-state index contributed by atoms with van der Waals surface area (Å²) in [5.41, 5.74) is 0.611. The van der Waals surface area contributed by atoms with Crippen molar-refractivity contribution < 1.29 is 22.7 Å². The van der Waals surface area contributed by atoms with E-state index in [1.54, 1.807) is 25.1 Å². The number of carbonyl (C=O) groups is 2. The first-order chi connectivity index (χ1) is 16.8. The van der Waals surface area contributed by atoms with Gasteiger partial charge in [-0.25, -0.2) is 8.42 Å². The van der Waals surface area contributed by atoms with Crippen LogP contribution in [-0.4, -0.2) is 57.1 Å². The van der Waals surface area contributed by atoms with Crippen LogP contribution in [-0.2, 0) is 26.2 Å². The number of amides is 2. The minimum atomic E-state index is -3.91. The molecule has 8 nitrogen and oxygen atoms in total. The number of methoxy groups -OCH3 is 1. The Balaban J connectivity index is 2.47. The molecule has 198 valence electrons. The van der Waals surface area contributed by atoms with Crippen molar-refractivity contribution in [1.82, 2.24) is 10.2 Å². The summed E-state index contributed by atoms with van der Waals surface area (Å²) in [6.45, 7) is 4.65. The van der Waals surface area contributed by atoms with Gasteiger partial charge in [0.2, 0.25) is 21.8 Å². The Morgan fingerprint density at radius 2 is 1.67 bits per heavy atom. The number of ether oxygens (including phenoxy) is 1. The zero-order valence-corrected chi connectivity index (χ0v) is 23.8. The summed E-state index contributed by atoms with van der Waals surface area (Å²) in [7, 11) is -2.47. The highest BCUT2D eigenvalue weighted by atomic mass is 35.5. The Morgan fingerprint density at radius 3 is 2.17 bits per heavy atom. The molecular formula is C24H30Cl3N3O5S. The van der Waals surface area contributed by atoms with Gasteiger partial charge in [-0.2, -0.15) is 0 Å². The van der Waals surface area contributed by atoms with Crippen LogP contribution in [0.1, 0.15) is 32.8 Å². The van der Waals surface area contributed by atoms with Gasteiger partial charge in [0.1, 0.15) is 18.3 Å². The van der Waals surface area contributed by atoms with E-state index in [-0.39, 0.29) is 29.2 Å². The number of nitrogens with one attached hydrogen (secondary N) is 1. The van der Waals surface area contributed by atoms with Gasteiger partial charge in [-0.05, 0) is 50.6 Å². The van der Waals surface area contributed by atoms with E-state index < -0.39 is 28.5 Å². The molecule has 36 heavy (non-hydrogen) atoms. The maximum Gasteiger partial charge on any atom is 0.244 e. The number of hydrogen-bond donors (Lipinski definition) is 1. The average Bonchev–Trinajstić information content (AvgIpc) is 2.80. The summed E-state index contributed by atoms with van der Waals surface area (Å²) in [6.07, 6.45) is 1.68. The summed E-state index contributed by atoms with van der Waals surface area (Å²) in [5.74, 6) is -0.667. The number of nitrogens with zero attached hydrogens (tertiary/aromatic N) is 2. The molecule has 12 heteroatoms. The molecule has 2 rings (SSSR count). The molecule has 0 bridgehead atoms. The standard InChI is InChI=1S/C24H30Cl3N3O5S/c1-6-15(2)28-24(32)16(3)29(13-18-19(25)8-7-9-20(18)26)23(31)14-30(36(5,33)34)17-10-11-22(35-4)21(27)12-17/h7-12,15-16H,6,13-14H2,1-5H3,(H,28,32)/t15-,16-/m0/s1. The first kappa shape index (κ1) is 30.0. The lowest BCUT2D eigenvalue weighted by atomic mass is 10.1. The number of sulfonamides is 1. The fourth-order valence-corrected chi connectivity index (χ4v) is 4.94. The van der Waals surface area contributed by atoms with Crippen molar-refractivity contribution in [3.05, 3.63) is 57.0 Å². The molecule has 0 aliphatic heterocycles. The molecule has 0 fully saturated rings. The monoisotopic (exact) mass is 577 g/mol. The zero-order valence-electron chi connectivity index (χ0n) is 20.7. The molecule has 1 N–H and O–H groups in total. The number of rotatable bonds is 11. The molecule has 2 atom stereocenters. The van der Waals surface area contributed by atoms with E-state index in [9.17, 15) is 18.0 Å². The number of anilines is 1. The third-order valence-electron chi connectivity index (χ3n) is 5.66. The van der Waals surface area contributed by atoms with Gasteiger partial charge in [0.15, 0.2) is 0 Å². The Morgan fingerprint density at radius 1 is 1.06 bits per heavy atom. The highest BCUT2D eigenvalue weighted by Gasteiger charge is 2.31. The van der Waals surface area contributed by atoms with Crippen LogP contribution < -0.4 is 14.4 Å². The Kier molecular flexibility index (Phi) is 10.7. The SMILES string of the molecule is CC[C@H](C)NC(=O)[C@H](C)N(Cc1c(Cl)cccc1Cl)C(=O)CN(c1ccc(OC)c(Cl)c1)S(C)(=O)=O. The molecule has 0 heterocycles. The van der Waals surface area contributed by atoms with Crippen LogP contribution in [0.25, 0.3) is 0 Å². The Labute approximate surface area is 227 Å². The van der Waals surface area contributed by atoms with Crippen molar-refractivity contribution in [2.24, 2.45) is 0 Å². The maximum absolute atomic E-state index is 13.6. The van der Waals surface area contributed by atoms with Crippen LogP contribution in [0, 0.1) is 0 Å². The molecule has 0 unspecified atom stereocenters. The lowest BCUT2D eigenvalue weighted by Crippen LogP contribution is -2.52. The molecule has 0 aromatic heterocycles. The first-order valence-electron chi connectivity index (χ1n) is 11.1. The Hall–Kier alpha value is -2.20. The topological polar surface area (TPSA) is 96.0 Å². The van der Waals surface area contributed by atoms with Gasteiger partial charge in [0.05, 0.1) is 24.1 Å². The highest BCUT2D eigenvalue weighted by molar-refractivity contribution is 7.92. The van der Waals surface area contributed by atoms with Crippen LogP contribution in [0.2, 0.25) is 15.1 Å². The van der Waals surface area contributed by atoms with E-state index in [1.165, 1.54) is 30.2 Å². The van der Waals surface area contributed by atoms with Crippen LogP contribution in [0.5, 0.6) is 5.75 Å². The summed E-state index contributed by atoms with van der Waals surface area (Å²) < 4.78 is 31.4. The number of halogens is 3. The van der Waals surface area contributed by atoms with Crippen molar-refractivity contribution in [3.63, 3.8) is 0 Å². The number of benzene rings is 2. The average molecular weight is 579 g/mol. The molecule has 0 saturated heterocycles. The minimum Gasteiger partial charge on any atom is -0.495 e. The molecule has 2 aromatic carbocycles. The van der Waals surface area contributed by atoms with Crippen molar-refractivity contribution in [3.8, 4) is 5.75 Å². The lowest BCUT2D eigenvalue weighted by molar-refractivity contribution is -0.139. The second kappa shape index (κ2) is 12.9. The predicted molar refractivity (Wildman–Crippen MR) is 145 cm³/mol. The first-order valence-corrected chi connectivity index (χ1v) is 14.1. The third-order valence-corrected chi connectivity index (χ3v) is 7.81. The van der Waals surface area contributed by atoms with Gasteiger partial charge in [0.25, 0.3) is 0 Å². The lowest BCUT2D eigenvalue weighted by Gasteiger charge is -2.32. The molecule has 0 saturated carbocycles. The second-order valence-corrected chi connectivity index (χ2v) is 11.4. The largest absolute Gasteiger partial charge is 0.495 e. The van der Waals surface area contributed by atoms with Gasteiger partial charge in [-0.1, -0.05) is 47.8 Å². The number of hydrogen-bond acceptors (Lipinski definition) is 5. The van der Waals surface area contributed by atoms with Crippen molar-refractivity contribution in [2.75, 3.05) is 24.2 Å². The zero-order chi connectivity index (χ0) is 27.2. The van der Waals surface area contributed by atoms with Crippen molar-refractivity contribution >= 4 is 62.3 Å². The molecule has 0 aliphatic rings. The fourth-order valence-electron chi connectivity index (χ4n) is 3.33. The van der Waals surface area contributed by atoms with Crippen LogP contribution >= 0.6 is 34.8 Å². The van der Waals surface area contributed by atoms with Crippen molar-refractivity contribution in [2.45, 2.75) is 45.8 Å². The van der Waals surface area contributed by atoms with E-state index in [2.05, 4.69) is 5.32 Å². The van der Waals surface area contributed by atoms with Crippen molar-refractivity contribution in [1.29, 1.82) is 0 Å². The van der Waals surface area contributed by atoms with E-state index in [0.29, 0.717) is 27.8 Å². The summed E-state index contributed by atoms with van der Waals surface area (Å²) in [4.78, 5) is 27.8. The third kappa shape index (κ3) is 7.65. The quantitative estimate of drug-likeness (QED) is 0.415. The normalized spacial score (nSPS) is 13.0. The fraction of sp³-hybridized carbons (Fsp3) is 0.417. The second-order valence-electron chi connectivity index (χ2n) is 8.30. The van der Waals surface area contributed by atoms with Crippen LogP contribution in [0.4, 0.5) is 5.69 Å². The van der Waals surface area contributed by atoms with E-state index in [0.717, 1.165) is 10.6 Å². The molecule has 2 amide bonds. The van der Waals surface area contributed by atoms with Gasteiger partial charge in [0, 0.05) is 28.2 Å². The van der Waals surface area contributed by atoms with Gasteiger partial charge in [-0.15, -0.1) is 0 Å². The van der Waals surface area contributed by atoms with Gasteiger partial charge >= 0.3 is 0 Å². The van der Waals surface area contributed by atoms with Crippen LogP contribution in [0.3, 0.4) is 0 Å². The number of carbonyl (C=O) groups excluding carboxylic acids is 2. The smallest absolute Gasteiger partial charge is 0.244 e. The maximum atomic E-state index is 13.6. The Bertz CT molecular complexity index is 1190. The minimum absolute atomic E-state index is 0.104. The van der Waals surface area contributed by atoms with Gasteiger partial charge < -0.3 is 15.0 Å². The predicted octanol–water partition coefficient (Wildman–Crippen LogP) is 4.75. The van der Waals surface area contributed by atoms with Gasteiger partial charge in [-0.3, -0.25) is 13.9 Å². The molecule has 0 spiro atoms. The van der Waals surface area contributed by atoms with E-state index in [1.807, 2.05) is 13.8 Å². The van der Waals surface area contributed by atoms with E-state index >= 15 is 0 Å². The summed E-state index contributed by atoms with van der Waals surface area (Å²) in [5, 5.41) is 3.66. The summed E-state index contributed by atoms with van der Waals surface area (Å²) >= 11 is 18.9. The highest BCUT2D eigenvalue weighted by Crippen LogP contribution is 2.31. The van der Waals surface area contributed by atoms with E-state index in [4.69, 9.17) is 39.5 Å².